The third kappa shape index (κ3) is 5.19. The van der Waals surface area contributed by atoms with E-state index in [1.807, 2.05) is 0 Å². The number of aryl methyl sites for hydroxylation is 1. The van der Waals surface area contributed by atoms with Crippen molar-refractivity contribution in [1.82, 2.24) is 9.80 Å². The second kappa shape index (κ2) is 9.97. The number of carboxylic acid groups (broad SMARTS) is 1. The van der Waals surface area contributed by atoms with Crippen LogP contribution in [-0.2, 0) is 11.3 Å². The molecule has 35 heavy (non-hydrogen) atoms. The summed E-state index contributed by atoms with van der Waals surface area (Å²) in [5.74, 6) is -3.15. The van der Waals surface area contributed by atoms with Crippen LogP contribution in [-0.4, -0.2) is 52.1 Å². The average Bonchev–Trinajstić information content (AvgIpc) is 3.28. The molecule has 0 aliphatic carbocycles. The highest BCUT2D eigenvalue weighted by Gasteiger charge is 2.45. The fraction of sp³-hybridized carbons (Fsp3) is 0.462. The van der Waals surface area contributed by atoms with E-state index in [-0.39, 0.29) is 25.1 Å². The van der Waals surface area contributed by atoms with Crippen molar-refractivity contribution in [3.05, 3.63) is 70.5 Å². The molecular weight excluding hydrogens is 464 g/mol. The molecule has 2 heterocycles. The second-order valence-electron chi connectivity index (χ2n) is 9.37. The SMILES string of the molecule is Cc1cccc(F)c1C(=O)N1CCCC(C(=O)O)C1c1ccc(CN2CCC[C@@H]2C(F)(F)F)cc1. The Balaban J connectivity index is 1.61. The van der Waals surface area contributed by atoms with Gasteiger partial charge >= 0.3 is 12.1 Å². The topological polar surface area (TPSA) is 60.9 Å². The summed E-state index contributed by atoms with van der Waals surface area (Å²) < 4.78 is 54.4. The molecule has 0 spiro atoms. The van der Waals surface area contributed by atoms with E-state index in [1.165, 1.54) is 21.9 Å². The van der Waals surface area contributed by atoms with Gasteiger partial charge in [0.15, 0.2) is 0 Å². The number of nitrogens with zero attached hydrogens (tertiary/aromatic N) is 2. The van der Waals surface area contributed by atoms with Crippen LogP contribution < -0.4 is 0 Å². The van der Waals surface area contributed by atoms with E-state index in [0.717, 1.165) is 0 Å². The zero-order valence-corrected chi connectivity index (χ0v) is 19.4. The van der Waals surface area contributed by atoms with Crippen LogP contribution in [0.5, 0.6) is 0 Å². The first-order chi connectivity index (χ1) is 16.6. The van der Waals surface area contributed by atoms with Crippen LogP contribution in [0.4, 0.5) is 17.6 Å². The molecule has 188 valence electrons. The minimum Gasteiger partial charge on any atom is -0.481 e. The number of aliphatic carboxylic acids is 1. The zero-order valence-electron chi connectivity index (χ0n) is 19.4. The molecule has 2 aliphatic heterocycles. The van der Waals surface area contributed by atoms with Crippen molar-refractivity contribution in [2.24, 2.45) is 5.92 Å². The molecule has 9 heteroatoms. The first-order valence-corrected chi connectivity index (χ1v) is 11.8. The summed E-state index contributed by atoms with van der Waals surface area (Å²) in [6.07, 6.45) is -2.88. The Morgan fingerprint density at radius 1 is 1.03 bits per heavy atom. The number of carbonyl (C=O) groups is 2. The number of alkyl halides is 3. The van der Waals surface area contributed by atoms with Gasteiger partial charge in [0, 0.05) is 13.1 Å². The lowest BCUT2D eigenvalue weighted by molar-refractivity contribution is -0.177. The first-order valence-electron chi connectivity index (χ1n) is 11.8. The number of benzene rings is 2. The summed E-state index contributed by atoms with van der Waals surface area (Å²) in [6.45, 7) is 2.41. The van der Waals surface area contributed by atoms with Gasteiger partial charge in [-0.05, 0) is 61.9 Å². The summed E-state index contributed by atoms with van der Waals surface area (Å²) in [5.41, 5.74) is 1.63. The Hall–Kier alpha value is -2.94. The molecule has 0 aromatic heterocycles. The summed E-state index contributed by atoms with van der Waals surface area (Å²) in [5, 5.41) is 9.87. The highest BCUT2D eigenvalue weighted by molar-refractivity contribution is 5.96. The lowest BCUT2D eigenvalue weighted by atomic mass is 9.83. The monoisotopic (exact) mass is 492 g/mol. The number of hydrogen-bond acceptors (Lipinski definition) is 3. The molecule has 2 fully saturated rings. The van der Waals surface area contributed by atoms with E-state index in [2.05, 4.69) is 0 Å². The smallest absolute Gasteiger partial charge is 0.404 e. The maximum atomic E-state index is 14.6. The van der Waals surface area contributed by atoms with Gasteiger partial charge < -0.3 is 10.0 Å². The molecule has 0 radical (unpaired) electrons. The van der Waals surface area contributed by atoms with Gasteiger partial charge in [-0.2, -0.15) is 13.2 Å². The number of rotatable bonds is 5. The summed E-state index contributed by atoms with van der Waals surface area (Å²) in [4.78, 5) is 28.3. The van der Waals surface area contributed by atoms with Gasteiger partial charge in [0.1, 0.15) is 11.9 Å². The lowest BCUT2D eigenvalue weighted by Gasteiger charge is -2.40. The molecule has 1 amide bonds. The first kappa shape index (κ1) is 25.2. The Kier molecular flexibility index (Phi) is 7.17. The maximum Gasteiger partial charge on any atom is 0.404 e. The van der Waals surface area contributed by atoms with Crippen LogP contribution in [0, 0.1) is 18.7 Å². The number of piperidine rings is 1. The Labute approximate surface area is 201 Å². The van der Waals surface area contributed by atoms with E-state index < -0.39 is 41.9 Å². The molecule has 1 N–H and O–H groups in total. The normalized spacial score (nSPS) is 23.5. The fourth-order valence-corrected chi connectivity index (χ4v) is 5.38. The number of hydrogen-bond donors (Lipinski definition) is 1. The Morgan fingerprint density at radius 2 is 1.71 bits per heavy atom. The third-order valence-corrected chi connectivity index (χ3v) is 7.09. The highest BCUT2D eigenvalue weighted by atomic mass is 19.4. The van der Waals surface area contributed by atoms with Gasteiger partial charge in [-0.1, -0.05) is 36.4 Å². The van der Waals surface area contributed by atoms with Crippen LogP contribution in [0.25, 0.3) is 0 Å². The average molecular weight is 493 g/mol. The third-order valence-electron chi connectivity index (χ3n) is 7.09. The van der Waals surface area contributed by atoms with Crippen LogP contribution in [0.15, 0.2) is 42.5 Å². The van der Waals surface area contributed by atoms with E-state index in [4.69, 9.17) is 0 Å². The molecular formula is C26H28F4N2O3. The van der Waals surface area contributed by atoms with Crippen LogP contribution in [0.1, 0.15) is 58.8 Å². The molecule has 2 saturated heterocycles. The quantitative estimate of drug-likeness (QED) is 0.573. The Morgan fingerprint density at radius 3 is 2.34 bits per heavy atom. The van der Waals surface area contributed by atoms with Crippen LogP contribution in [0.3, 0.4) is 0 Å². The number of likely N-dealkylation sites (tertiary alicyclic amines) is 2. The van der Waals surface area contributed by atoms with Crippen molar-refractivity contribution in [3.63, 3.8) is 0 Å². The van der Waals surface area contributed by atoms with Crippen LogP contribution in [0.2, 0.25) is 0 Å². The van der Waals surface area contributed by atoms with Crippen LogP contribution >= 0.6 is 0 Å². The number of carboxylic acids is 1. The van der Waals surface area contributed by atoms with Gasteiger partial charge in [-0.3, -0.25) is 14.5 Å². The van der Waals surface area contributed by atoms with Crippen molar-refractivity contribution >= 4 is 11.9 Å². The molecule has 0 bridgehead atoms. The predicted molar refractivity (Wildman–Crippen MR) is 121 cm³/mol. The second-order valence-corrected chi connectivity index (χ2v) is 9.37. The van der Waals surface area contributed by atoms with Crippen molar-refractivity contribution in [2.75, 3.05) is 13.1 Å². The largest absolute Gasteiger partial charge is 0.481 e. The molecule has 3 atom stereocenters. The maximum absolute atomic E-state index is 14.6. The Bertz CT molecular complexity index is 1070. The van der Waals surface area contributed by atoms with Gasteiger partial charge in [-0.25, -0.2) is 4.39 Å². The van der Waals surface area contributed by atoms with E-state index in [0.29, 0.717) is 42.5 Å². The minimum atomic E-state index is -4.28. The number of amides is 1. The minimum absolute atomic E-state index is 0.0765. The van der Waals surface area contributed by atoms with Crippen molar-refractivity contribution in [3.8, 4) is 0 Å². The van der Waals surface area contributed by atoms with Gasteiger partial charge in [0.2, 0.25) is 0 Å². The molecule has 2 aromatic rings. The molecule has 2 aliphatic rings. The van der Waals surface area contributed by atoms with E-state index in [9.17, 15) is 32.3 Å². The number of halogens is 4. The molecule has 5 nitrogen and oxygen atoms in total. The molecule has 2 unspecified atom stereocenters. The van der Waals surface area contributed by atoms with Gasteiger partial charge in [-0.15, -0.1) is 0 Å². The zero-order chi connectivity index (χ0) is 25.3. The van der Waals surface area contributed by atoms with Crippen molar-refractivity contribution < 1.29 is 32.3 Å². The summed E-state index contributed by atoms with van der Waals surface area (Å²) in [7, 11) is 0. The summed E-state index contributed by atoms with van der Waals surface area (Å²) >= 11 is 0. The van der Waals surface area contributed by atoms with Crippen molar-refractivity contribution in [2.45, 2.75) is 57.4 Å². The number of carbonyl (C=O) groups excluding carboxylic acids is 1. The van der Waals surface area contributed by atoms with Gasteiger partial charge in [0.25, 0.3) is 5.91 Å². The standard InChI is InChI=1S/C26H28F4N2O3/c1-16-5-2-7-20(27)22(16)24(33)32-14-3-6-19(25(34)35)23(32)18-11-9-17(10-12-18)15-31-13-4-8-21(31)26(28,29)30/h2,5,7,9-12,19,21,23H,3-4,6,8,13-15H2,1H3,(H,34,35)/t19?,21-,23?/m1/s1. The van der Waals surface area contributed by atoms with E-state index in [1.54, 1.807) is 37.3 Å². The lowest BCUT2D eigenvalue weighted by Crippen LogP contribution is -2.45. The molecule has 0 saturated carbocycles. The highest BCUT2D eigenvalue weighted by Crippen LogP contribution is 2.38. The van der Waals surface area contributed by atoms with E-state index >= 15 is 0 Å². The van der Waals surface area contributed by atoms with Crippen molar-refractivity contribution in [1.29, 1.82) is 0 Å². The predicted octanol–water partition coefficient (Wildman–Crippen LogP) is 5.34. The van der Waals surface area contributed by atoms with Gasteiger partial charge in [0.05, 0.1) is 17.5 Å². The summed E-state index contributed by atoms with van der Waals surface area (Å²) in [6, 6.07) is 8.80. The molecule has 4 rings (SSSR count). The fourth-order valence-electron chi connectivity index (χ4n) is 5.38. The molecule has 2 aromatic carbocycles.